The Morgan fingerprint density at radius 1 is 1.33 bits per heavy atom. The van der Waals surface area contributed by atoms with Crippen LogP contribution in [0, 0.1) is 0 Å². The minimum Gasteiger partial charge on any atom is -0.463 e. The van der Waals surface area contributed by atoms with Gasteiger partial charge in [0.1, 0.15) is 18.8 Å². The summed E-state index contributed by atoms with van der Waals surface area (Å²) in [5, 5.41) is 5.53. The normalized spacial score (nSPS) is 11.4. The Morgan fingerprint density at radius 2 is 2.10 bits per heavy atom. The highest BCUT2D eigenvalue weighted by molar-refractivity contribution is 5.75. The van der Waals surface area contributed by atoms with Gasteiger partial charge in [-0.25, -0.2) is 4.68 Å². The molecule has 9 heteroatoms. The van der Waals surface area contributed by atoms with Crippen molar-refractivity contribution < 1.29 is 22.4 Å². The van der Waals surface area contributed by atoms with Crippen molar-refractivity contribution in [3.05, 3.63) is 40.9 Å². The van der Waals surface area contributed by atoms with Gasteiger partial charge in [0.25, 0.3) is 5.56 Å². The molecule has 6 nitrogen and oxygen atoms in total. The summed E-state index contributed by atoms with van der Waals surface area (Å²) >= 11 is 0. The van der Waals surface area contributed by atoms with Crippen molar-refractivity contribution in [3.63, 3.8) is 0 Å². The van der Waals surface area contributed by atoms with Crippen LogP contribution >= 0.6 is 0 Å². The van der Waals surface area contributed by atoms with Crippen LogP contribution in [0.2, 0.25) is 0 Å². The summed E-state index contributed by atoms with van der Waals surface area (Å²) < 4.78 is 41.8. The Morgan fingerprint density at radius 3 is 2.71 bits per heavy atom. The molecule has 1 N–H and O–H groups in total. The molecule has 0 atom stereocenters. The SMILES string of the molecule is O=C(Cn1nc(-c2ccco2)ccc1=O)NCC(F)(F)F. The topological polar surface area (TPSA) is 77.1 Å². The zero-order valence-electron chi connectivity index (χ0n) is 10.6. The number of amides is 1. The third kappa shape index (κ3) is 4.20. The van der Waals surface area contributed by atoms with E-state index in [0.29, 0.717) is 11.5 Å². The Balaban J connectivity index is 2.11. The minimum absolute atomic E-state index is 0.295. The van der Waals surface area contributed by atoms with Crippen molar-refractivity contribution in [1.82, 2.24) is 15.1 Å². The molecule has 0 aliphatic rings. The van der Waals surface area contributed by atoms with Crippen LogP contribution in [0.3, 0.4) is 0 Å². The fourth-order valence-electron chi connectivity index (χ4n) is 1.51. The molecular formula is C12H10F3N3O3. The molecule has 2 aromatic rings. The Bertz CT molecular complexity index is 677. The molecule has 0 aliphatic heterocycles. The first-order valence-corrected chi connectivity index (χ1v) is 5.81. The van der Waals surface area contributed by atoms with E-state index in [2.05, 4.69) is 5.10 Å². The van der Waals surface area contributed by atoms with Crippen LogP contribution in [0.5, 0.6) is 0 Å². The molecule has 0 spiro atoms. The fourth-order valence-corrected chi connectivity index (χ4v) is 1.51. The highest BCUT2D eigenvalue weighted by atomic mass is 19.4. The number of carbonyl (C=O) groups is 1. The number of furan rings is 1. The molecule has 2 rings (SSSR count). The number of alkyl halides is 3. The lowest BCUT2D eigenvalue weighted by atomic mass is 10.3. The number of halogens is 3. The summed E-state index contributed by atoms with van der Waals surface area (Å²) in [7, 11) is 0. The van der Waals surface area contributed by atoms with Crippen molar-refractivity contribution in [2.75, 3.05) is 6.54 Å². The predicted molar refractivity (Wildman–Crippen MR) is 65.3 cm³/mol. The monoisotopic (exact) mass is 301 g/mol. The fraction of sp³-hybridized carbons (Fsp3) is 0.250. The lowest BCUT2D eigenvalue weighted by molar-refractivity contribution is -0.138. The van der Waals surface area contributed by atoms with Crippen LogP contribution in [0.25, 0.3) is 11.5 Å². The molecule has 2 heterocycles. The van der Waals surface area contributed by atoms with Crippen molar-refractivity contribution >= 4 is 5.91 Å². The lowest BCUT2D eigenvalue weighted by Gasteiger charge is -2.09. The third-order valence-corrected chi connectivity index (χ3v) is 2.42. The van der Waals surface area contributed by atoms with E-state index in [1.165, 1.54) is 12.3 Å². The number of nitrogens with zero attached hydrogens (tertiary/aromatic N) is 2. The maximum absolute atomic E-state index is 12.0. The van der Waals surface area contributed by atoms with Crippen LogP contribution < -0.4 is 10.9 Å². The molecule has 0 saturated carbocycles. The van der Waals surface area contributed by atoms with Gasteiger partial charge in [0, 0.05) is 6.07 Å². The average Bonchev–Trinajstić information content (AvgIpc) is 2.92. The summed E-state index contributed by atoms with van der Waals surface area (Å²) in [6.07, 6.45) is -3.10. The third-order valence-electron chi connectivity index (χ3n) is 2.42. The molecule has 0 aromatic carbocycles. The first kappa shape index (κ1) is 14.8. The second kappa shape index (κ2) is 5.81. The molecule has 0 radical (unpaired) electrons. The van der Waals surface area contributed by atoms with E-state index >= 15 is 0 Å². The minimum atomic E-state index is -4.51. The van der Waals surface area contributed by atoms with Gasteiger partial charge in [-0.2, -0.15) is 18.3 Å². The summed E-state index contributed by atoms with van der Waals surface area (Å²) in [4.78, 5) is 22.9. The van der Waals surface area contributed by atoms with Crippen molar-refractivity contribution in [2.24, 2.45) is 0 Å². The van der Waals surface area contributed by atoms with Crippen LogP contribution in [-0.4, -0.2) is 28.4 Å². The Labute approximate surface area is 116 Å². The Kier molecular flexibility index (Phi) is 4.10. The van der Waals surface area contributed by atoms with Crippen molar-refractivity contribution in [3.8, 4) is 11.5 Å². The lowest BCUT2D eigenvalue weighted by Crippen LogP contribution is -2.38. The molecule has 0 aliphatic carbocycles. The quantitative estimate of drug-likeness (QED) is 0.920. The van der Waals surface area contributed by atoms with E-state index in [9.17, 15) is 22.8 Å². The molecule has 2 aromatic heterocycles. The first-order valence-electron chi connectivity index (χ1n) is 5.81. The van der Waals surface area contributed by atoms with Gasteiger partial charge in [0.15, 0.2) is 5.76 Å². The van der Waals surface area contributed by atoms with Crippen LogP contribution in [0.15, 0.2) is 39.7 Å². The van der Waals surface area contributed by atoms with Gasteiger partial charge >= 0.3 is 6.18 Å². The highest BCUT2D eigenvalue weighted by Crippen LogP contribution is 2.15. The van der Waals surface area contributed by atoms with E-state index in [1.807, 2.05) is 0 Å². The van der Waals surface area contributed by atoms with Crippen LogP contribution in [0.4, 0.5) is 13.2 Å². The van der Waals surface area contributed by atoms with Gasteiger partial charge in [0.05, 0.1) is 6.26 Å². The van der Waals surface area contributed by atoms with Gasteiger partial charge in [-0.05, 0) is 18.2 Å². The number of aromatic nitrogens is 2. The first-order chi connectivity index (χ1) is 9.85. The second-order valence-corrected chi connectivity index (χ2v) is 4.08. The van der Waals surface area contributed by atoms with E-state index in [-0.39, 0.29) is 0 Å². The van der Waals surface area contributed by atoms with E-state index in [1.54, 1.807) is 17.4 Å². The number of rotatable bonds is 4. The van der Waals surface area contributed by atoms with Crippen molar-refractivity contribution in [1.29, 1.82) is 0 Å². The molecule has 21 heavy (non-hydrogen) atoms. The Hall–Kier alpha value is -2.58. The zero-order chi connectivity index (χ0) is 15.5. The zero-order valence-corrected chi connectivity index (χ0v) is 10.6. The van der Waals surface area contributed by atoms with Gasteiger partial charge in [-0.15, -0.1) is 0 Å². The average molecular weight is 301 g/mol. The summed E-state index contributed by atoms with van der Waals surface area (Å²) in [6.45, 7) is -2.07. The number of nitrogens with one attached hydrogen (secondary N) is 1. The molecule has 1 amide bonds. The van der Waals surface area contributed by atoms with Gasteiger partial charge in [-0.1, -0.05) is 0 Å². The standard InChI is InChI=1S/C12H10F3N3O3/c13-12(14,15)7-16-10(19)6-18-11(20)4-3-8(17-18)9-2-1-5-21-9/h1-5H,6-7H2,(H,16,19). The molecular weight excluding hydrogens is 291 g/mol. The van der Waals surface area contributed by atoms with E-state index in [0.717, 1.165) is 10.7 Å². The van der Waals surface area contributed by atoms with Crippen molar-refractivity contribution in [2.45, 2.75) is 12.7 Å². The molecule has 0 bridgehead atoms. The largest absolute Gasteiger partial charge is 0.463 e. The van der Waals surface area contributed by atoms with Gasteiger partial charge < -0.3 is 9.73 Å². The maximum atomic E-state index is 12.0. The molecule has 0 unspecified atom stereocenters. The predicted octanol–water partition coefficient (Wildman–Crippen LogP) is 1.18. The second-order valence-electron chi connectivity index (χ2n) is 4.08. The smallest absolute Gasteiger partial charge is 0.405 e. The molecule has 0 saturated heterocycles. The molecule has 0 fully saturated rings. The number of hydrogen-bond donors (Lipinski definition) is 1. The molecule has 112 valence electrons. The van der Waals surface area contributed by atoms with Crippen LogP contribution in [0.1, 0.15) is 0 Å². The number of carbonyl (C=O) groups excluding carboxylic acids is 1. The maximum Gasteiger partial charge on any atom is 0.405 e. The van der Waals surface area contributed by atoms with Gasteiger partial charge in [-0.3, -0.25) is 9.59 Å². The highest BCUT2D eigenvalue weighted by Gasteiger charge is 2.27. The summed E-state index contributed by atoms with van der Waals surface area (Å²) in [5.41, 5.74) is -0.310. The van der Waals surface area contributed by atoms with Crippen LogP contribution in [-0.2, 0) is 11.3 Å². The van der Waals surface area contributed by atoms with E-state index < -0.39 is 30.7 Å². The van der Waals surface area contributed by atoms with Gasteiger partial charge in [0.2, 0.25) is 5.91 Å². The number of hydrogen-bond acceptors (Lipinski definition) is 4. The summed E-state index contributed by atoms with van der Waals surface area (Å²) in [6, 6.07) is 5.76. The van der Waals surface area contributed by atoms with E-state index in [4.69, 9.17) is 4.42 Å². The summed E-state index contributed by atoms with van der Waals surface area (Å²) in [5.74, 6) is -0.585.